The van der Waals surface area contributed by atoms with Gasteiger partial charge >= 0.3 is 0 Å². The molecular formula is C14H23NO3. The van der Waals surface area contributed by atoms with Crippen LogP contribution in [-0.2, 0) is 11.3 Å². The molecule has 4 heteroatoms. The smallest absolute Gasteiger partial charge is 0.122 e. The highest BCUT2D eigenvalue weighted by Gasteiger charge is 2.01. The molecule has 0 unspecified atom stereocenters. The third-order valence-corrected chi connectivity index (χ3v) is 2.63. The number of hydrogen-bond donors (Lipinski definition) is 1. The van der Waals surface area contributed by atoms with Crippen molar-refractivity contribution in [1.82, 2.24) is 5.48 Å². The van der Waals surface area contributed by atoms with Crippen molar-refractivity contribution in [2.45, 2.75) is 26.2 Å². The summed E-state index contributed by atoms with van der Waals surface area (Å²) in [5.74, 6) is 1.63. The van der Waals surface area contributed by atoms with Crippen molar-refractivity contribution < 1.29 is 14.3 Å². The maximum Gasteiger partial charge on any atom is 0.122 e. The largest absolute Gasteiger partial charge is 0.497 e. The van der Waals surface area contributed by atoms with E-state index in [9.17, 15) is 0 Å². The van der Waals surface area contributed by atoms with Gasteiger partial charge in [-0.05, 0) is 30.5 Å². The fourth-order valence-corrected chi connectivity index (χ4v) is 1.57. The molecule has 0 bridgehead atoms. The van der Waals surface area contributed by atoms with E-state index in [1.165, 1.54) is 0 Å². The molecule has 0 spiro atoms. The van der Waals surface area contributed by atoms with E-state index in [1.54, 1.807) is 14.2 Å². The van der Waals surface area contributed by atoms with Crippen molar-refractivity contribution in [1.29, 1.82) is 0 Å². The van der Waals surface area contributed by atoms with Gasteiger partial charge in [0.2, 0.25) is 0 Å². The van der Waals surface area contributed by atoms with E-state index in [0.717, 1.165) is 49.5 Å². The molecular weight excluding hydrogens is 230 g/mol. The van der Waals surface area contributed by atoms with Crippen LogP contribution >= 0.6 is 0 Å². The highest BCUT2D eigenvalue weighted by atomic mass is 16.6. The van der Waals surface area contributed by atoms with Gasteiger partial charge in [0.1, 0.15) is 11.5 Å². The van der Waals surface area contributed by atoms with E-state index in [2.05, 4.69) is 12.4 Å². The molecule has 0 aromatic heterocycles. The van der Waals surface area contributed by atoms with Gasteiger partial charge in [0.15, 0.2) is 0 Å². The van der Waals surface area contributed by atoms with E-state index in [0.29, 0.717) is 0 Å². The molecule has 0 saturated heterocycles. The van der Waals surface area contributed by atoms with Gasteiger partial charge < -0.3 is 14.3 Å². The first-order valence-corrected chi connectivity index (χ1v) is 6.36. The van der Waals surface area contributed by atoms with Crippen molar-refractivity contribution >= 4 is 0 Å². The highest BCUT2D eigenvalue weighted by molar-refractivity contribution is 5.38. The Balaban J connectivity index is 2.36. The third kappa shape index (κ3) is 5.38. The standard InChI is InChI=1S/C14H23NO3/c1-4-5-8-18-15-7-6-12-9-13(16-2)11-14(10-12)17-3/h9-11,15H,4-8H2,1-3H3. The summed E-state index contributed by atoms with van der Waals surface area (Å²) in [6.45, 7) is 3.68. The third-order valence-electron chi connectivity index (χ3n) is 2.63. The van der Waals surface area contributed by atoms with Crippen LogP contribution in [0.3, 0.4) is 0 Å². The minimum atomic E-state index is 0.762. The molecule has 0 aliphatic rings. The average Bonchev–Trinajstić information content (AvgIpc) is 2.42. The molecule has 18 heavy (non-hydrogen) atoms. The molecule has 4 nitrogen and oxygen atoms in total. The maximum atomic E-state index is 5.30. The number of rotatable bonds is 9. The summed E-state index contributed by atoms with van der Waals surface area (Å²) >= 11 is 0. The first-order chi connectivity index (χ1) is 8.80. The molecule has 1 aromatic rings. The van der Waals surface area contributed by atoms with Crippen LogP contribution in [0.15, 0.2) is 18.2 Å². The molecule has 0 saturated carbocycles. The van der Waals surface area contributed by atoms with Crippen LogP contribution in [-0.4, -0.2) is 27.4 Å². The molecule has 102 valence electrons. The molecule has 1 rings (SSSR count). The molecule has 0 radical (unpaired) electrons. The lowest BCUT2D eigenvalue weighted by Gasteiger charge is -2.09. The summed E-state index contributed by atoms with van der Waals surface area (Å²) in [7, 11) is 3.31. The molecule has 0 fully saturated rings. The van der Waals surface area contributed by atoms with Crippen molar-refractivity contribution in [2.75, 3.05) is 27.4 Å². The molecule has 1 N–H and O–H groups in total. The second-order valence-corrected chi connectivity index (χ2v) is 4.07. The van der Waals surface area contributed by atoms with Gasteiger partial charge in [0.25, 0.3) is 0 Å². The van der Waals surface area contributed by atoms with E-state index >= 15 is 0 Å². The average molecular weight is 253 g/mol. The van der Waals surface area contributed by atoms with Crippen LogP contribution in [0, 0.1) is 0 Å². The van der Waals surface area contributed by atoms with Gasteiger partial charge in [-0.15, -0.1) is 0 Å². The van der Waals surface area contributed by atoms with E-state index in [-0.39, 0.29) is 0 Å². The van der Waals surface area contributed by atoms with Gasteiger partial charge in [0, 0.05) is 12.6 Å². The molecule has 0 atom stereocenters. The Kier molecular flexibility index (Phi) is 7.22. The molecule has 0 heterocycles. The first kappa shape index (κ1) is 14.8. The second kappa shape index (κ2) is 8.78. The lowest BCUT2D eigenvalue weighted by atomic mass is 10.1. The Bertz CT molecular complexity index is 320. The van der Waals surface area contributed by atoms with E-state index in [4.69, 9.17) is 14.3 Å². The van der Waals surface area contributed by atoms with Gasteiger partial charge in [-0.3, -0.25) is 0 Å². The predicted octanol–water partition coefficient (Wildman–Crippen LogP) is 2.57. The summed E-state index contributed by atoms with van der Waals surface area (Å²) in [5.41, 5.74) is 4.13. The predicted molar refractivity (Wildman–Crippen MR) is 72.1 cm³/mol. The quantitative estimate of drug-likeness (QED) is 0.542. The fourth-order valence-electron chi connectivity index (χ4n) is 1.57. The number of benzene rings is 1. The Hall–Kier alpha value is -1.26. The van der Waals surface area contributed by atoms with Crippen LogP contribution in [0.25, 0.3) is 0 Å². The lowest BCUT2D eigenvalue weighted by molar-refractivity contribution is 0.0401. The second-order valence-electron chi connectivity index (χ2n) is 4.07. The van der Waals surface area contributed by atoms with Crippen molar-refractivity contribution in [3.05, 3.63) is 23.8 Å². The number of unbranched alkanes of at least 4 members (excludes halogenated alkanes) is 1. The van der Waals surface area contributed by atoms with Crippen LogP contribution in [0.1, 0.15) is 25.3 Å². The minimum absolute atomic E-state index is 0.762. The zero-order valence-electron chi connectivity index (χ0n) is 11.5. The number of hydrogen-bond acceptors (Lipinski definition) is 4. The lowest BCUT2D eigenvalue weighted by Crippen LogP contribution is -2.18. The molecule has 0 aliphatic heterocycles. The van der Waals surface area contributed by atoms with Crippen LogP contribution in [0.5, 0.6) is 11.5 Å². The topological polar surface area (TPSA) is 39.7 Å². The number of hydroxylamine groups is 1. The van der Waals surface area contributed by atoms with Gasteiger partial charge in [0.05, 0.1) is 20.8 Å². The number of nitrogens with one attached hydrogen (secondary N) is 1. The van der Waals surface area contributed by atoms with Crippen molar-refractivity contribution in [3.8, 4) is 11.5 Å². The maximum absolute atomic E-state index is 5.30. The van der Waals surface area contributed by atoms with Gasteiger partial charge in [-0.2, -0.15) is 0 Å². The Labute approximate surface area is 109 Å². The summed E-state index contributed by atoms with van der Waals surface area (Å²) in [6, 6.07) is 5.89. The molecule has 0 aliphatic carbocycles. The Morgan fingerprint density at radius 1 is 1.06 bits per heavy atom. The fraction of sp³-hybridized carbons (Fsp3) is 0.571. The Morgan fingerprint density at radius 2 is 1.72 bits per heavy atom. The van der Waals surface area contributed by atoms with Crippen molar-refractivity contribution in [2.24, 2.45) is 0 Å². The van der Waals surface area contributed by atoms with Crippen LogP contribution < -0.4 is 15.0 Å². The van der Waals surface area contributed by atoms with E-state index < -0.39 is 0 Å². The summed E-state index contributed by atoms with van der Waals surface area (Å²) in [4.78, 5) is 5.30. The molecule has 0 amide bonds. The van der Waals surface area contributed by atoms with Crippen molar-refractivity contribution in [3.63, 3.8) is 0 Å². The van der Waals surface area contributed by atoms with E-state index in [1.807, 2.05) is 18.2 Å². The van der Waals surface area contributed by atoms with Gasteiger partial charge in [-0.25, -0.2) is 5.48 Å². The summed E-state index contributed by atoms with van der Waals surface area (Å²) in [6.07, 6.45) is 3.11. The van der Waals surface area contributed by atoms with Crippen LogP contribution in [0.4, 0.5) is 0 Å². The number of ether oxygens (including phenoxy) is 2. The van der Waals surface area contributed by atoms with Crippen LogP contribution in [0.2, 0.25) is 0 Å². The zero-order chi connectivity index (χ0) is 13.2. The number of methoxy groups -OCH3 is 2. The highest BCUT2D eigenvalue weighted by Crippen LogP contribution is 2.22. The van der Waals surface area contributed by atoms with Gasteiger partial charge in [-0.1, -0.05) is 13.3 Å². The Morgan fingerprint density at radius 3 is 2.28 bits per heavy atom. The monoisotopic (exact) mass is 253 g/mol. The SMILES string of the molecule is CCCCONCCc1cc(OC)cc(OC)c1. The minimum Gasteiger partial charge on any atom is -0.497 e. The first-order valence-electron chi connectivity index (χ1n) is 6.36. The summed E-state index contributed by atoms with van der Waals surface area (Å²) < 4.78 is 10.5. The molecule has 1 aromatic carbocycles. The normalized spacial score (nSPS) is 10.4. The zero-order valence-corrected chi connectivity index (χ0v) is 11.5. The summed E-state index contributed by atoms with van der Waals surface area (Å²) in [5, 5.41) is 0.